The van der Waals surface area contributed by atoms with Gasteiger partial charge in [-0.05, 0) is 56.2 Å². The van der Waals surface area contributed by atoms with Gasteiger partial charge in [0.05, 0.1) is 5.69 Å². The molecule has 4 heterocycles. The molecule has 2 aromatic heterocycles. The van der Waals surface area contributed by atoms with Gasteiger partial charge in [0.2, 0.25) is 0 Å². The second-order valence-electron chi connectivity index (χ2n) is 7.77. The first-order valence-electron chi connectivity index (χ1n) is 9.65. The highest BCUT2D eigenvalue weighted by Crippen LogP contribution is 2.36. The van der Waals surface area contributed by atoms with Crippen LogP contribution in [0, 0.1) is 5.92 Å². The lowest BCUT2D eigenvalue weighted by molar-refractivity contribution is 0.0907. The van der Waals surface area contributed by atoms with Gasteiger partial charge in [-0.3, -0.25) is 10.1 Å². The van der Waals surface area contributed by atoms with E-state index >= 15 is 0 Å². The van der Waals surface area contributed by atoms with Crippen molar-refractivity contribution in [1.29, 1.82) is 0 Å². The molecule has 3 N–H and O–H groups in total. The van der Waals surface area contributed by atoms with Crippen molar-refractivity contribution in [3.63, 3.8) is 0 Å². The number of fused-ring (bicyclic) bond motifs is 2. The number of ether oxygens (including phenoxy) is 1. The van der Waals surface area contributed by atoms with Crippen LogP contribution in [0.3, 0.4) is 0 Å². The third-order valence-electron chi connectivity index (χ3n) is 5.78. The van der Waals surface area contributed by atoms with Crippen LogP contribution in [-0.4, -0.2) is 33.4 Å². The number of alkyl carbamates (subject to hydrolysis) is 1. The number of amides is 1. The maximum absolute atomic E-state index is 12.2. The summed E-state index contributed by atoms with van der Waals surface area (Å²) in [5.41, 5.74) is 2.96. The topological polar surface area (TPSA) is 91.9 Å². The summed E-state index contributed by atoms with van der Waals surface area (Å²) in [5.74, 6) is 1.60. The highest BCUT2D eigenvalue weighted by molar-refractivity contribution is 5.68. The van der Waals surface area contributed by atoms with Gasteiger partial charge in [-0.2, -0.15) is 5.10 Å². The smallest absolute Gasteiger partial charge is 0.407 e. The zero-order valence-electron chi connectivity index (χ0n) is 15.0. The number of aromatic amines is 1. The summed E-state index contributed by atoms with van der Waals surface area (Å²) < 4.78 is 5.64. The molecule has 27 heavy (non-hydrogen) atoms. The third-order valence-corrected chi connectivity index (χ3v) is 5.78. The summed E-state index contributed by atoms with van der Waals surface area (Å²) in [6.07, 6.45) is 10.3. The number of anilines is 2. The van der Waals surface area contributed by atoms with E-state index in [1.165, 1.54) is 0 Å². The molecule has 0 spiro atoms. The van der Waals surface area contributed by atoms with E-state index in [2.05, 4.69) is 31.9 Å². The first kappa shape index (κ1) is 16.4. The average molecular weight is 365 g/mol. The molecule has 0 radical (unpaired) electrons. The lowest BCUT2D eigenvalue weighted by atomic mass is 9.80. The average Bonchev–Trinajstić information content (AvgIpc) is 3.26. The highest BCUT2D eigenvalue weighted by atomic mass is 16.6. The largest absolute Gasteiger partial charge is 0.446 e. The van der Waals surface area contributed by atoms with Crippen molar-refractivity contribution in [2.24, 2.45) is 5.92 Å². The van der Waals surface area contributed by atoms with Gasteiger partial charge in [-0.25, -0.2) is 4.79 Å². The summed E-state index contributed by atoms with van der Waals surface area (Å²) in [6, 6.07) is 6.21. The van der Waals surface area contributed by atoms with Crippen molar-refractivity contribution >= 4 is 23.7 Å². The monoisotopic (exact) mass is 365 g/mol. The van der Waals surface area contributed by atoms with Crippen LogP contribution in [0.1, 0.15) is 49.4 Å². The molecule has 4 aliphatic rings. The molecule has 140 valence electrons. The van der Waals surface area contributed by atoms with Crippen molar-refractivity contribution in [3.05, 3.63) is 41.9 Å². The van der Waals surface area contributed by atoms with Crippen LogP contribution in [0.15, 0.2) is 30.5 Å². The fraction of sp³-hybridized carbons (Fsp3) is 0.450. The van der Waals surface area contributed by atoms with Crippen LogP contribution in [0.5, 0.6) is 0 Å². The van der Waals surface area contributed by atoms with E-state index in [0.29, 0.717) is 11.8 Å². The van der Waals surface area contributed by atoms with Gasteiger partial charge < -0.3 is 15.4 Å². The Morgan fingerprint density at radius 1 is 1.15 bits per heavy atom. The van der Waals surface area contributed by atoms with Gasteiger partial charge in [-0.15, -0.1) is 0 Å². The number of carbonyl (C=O) groups excluding carboxylic acids is 1. The molecule has 2 saturated carbocycles. The van der Waals surface area contributed by atoms with Gasteiger partial charge in [0.1, 0.15) is 6.10 Å². The lowest BCUT2D eigenvalue weighted by Gasteiger charge is -2.33. The molecule has 6 rings (SSSR count). The van der Waals surface area contributed by atoms with Crippen LogP contribution >= 0.6 is 0 Å². The summed E-state index contributed by atoms with van der Waals surface area (Å²) in [7, 11) is 0. The number of nitrogens with zero attached hydrogens (tertiary/aromatic N) is 2. The van der Waals surface area contributed by atoms with E-state index in [4.69, 9.17) is 4.74 Å². The Morgan fingerprint density at radius 3 is 3.00 bits per heavy atom. The molecule has 0 aromatic carbocycles. The van der Waals surface area contributed by atoms with Gasteiger partial charge in [0.15, 0.2) is 5.82 Å². The van der Waals surface area contributed by atoms with E-state index in [0.717, 1.165) is 55.0 Å². The van der Waals surface area contributed by atoms with Crippen LogP contribution in [0.4, 0.5) is 16.3 Å². The fourth-order valence-electron chi connectivity index (χ4n) is 4.23. The molecular formula is C20H23N5O2. The summed E-state index contributed by atoms with van der Waals surface area (Å²) in [5, 5.41) is 13.9. The number of pyridine rings is 1. The number of hydrogen-bond acceptors (Lipinski definition) is 5. The standard InChI is InChI=1S/C20H23N5O2/c26-20-23-16-7-12(8-16)1-3-14-10-15(5-6-21-14)22-19-11-18(24-25-19)13-2-4-17(9-13)27-20/h1,3,5-6,10-13,16-17H,2,4,7-9H2,(H,23,26)(H2,22,24,25)/b3-1+/t12?,13-,16?,17+/m0/s1. The molecule has 2 aliphatic heterocycles. The molecule has 2 aromatic rings. The number of H-pyrrole nitrogens is 1. The van der Waals surface area contributed by atoms with Crippen molar-refractivity contribution in [3.8, 4) is 0 Å². The molecule has 0 saturated heterocycles. The predicted molar refractivity (Wildman–Crippen MR) is 102 cm³/mol. The van der Waals surface area contributed by atoms with Crippen LogP contribution in [-0.2, 0) is 4.74 Å². The Bertz CT molecular complexity index is 871. The number of carbonyl (C=O) groups is 1. The van der Waals surface area contributed by atoms with Crippen molar-refractivity contribution in [2.45, 2.75) is 50.2 Å². The first-order chi connectivity index (χ1) is 13.2. The Labute approximate surface area is 157 Å². The van der Waals surface area contributed by atoms with Crippen molar-refractivity contribution < 1.29 is 9.53 Å². The Morgan fingerprint density at radius 2 is 2.07 bits per heavy atom. The molecule has 8 bridgehead atoms. The summed E-state index contributed by atoms with van der Waals surface area (Å²) in [4.78, 5) is 16.6. The SMILES string of the molecule is O=C1NC2CC(/C=C/c3cc(ccn3)Nc3cc([nH]n3)[C@H]3CC[C@H](C3)O1)C2. The van der Waals surface area contributed by atoms with E-state index in [9.17, 15) is 4.79 Å². The molecule has 2 atom stereocenters. The quantitative estimate of drug-likeness (QED) is 0.662. The zero-order chi connectivity index (χ0) is 18.2. The number of hydrogen-bond donors (Lipinski definition) is 3. The summed E-state index contributed by atoms with van der Waals surface area (Å²) >= 11 is 0. The second kappa shape index (κ2) is 6.72. The Kier molecular flexibility index (Phi) is 4.07. The van der Waals surface area contributed by atoms with Gasteiger partial charge in [0.25, 0.3) is 0 Å². The minimum atomic E-state index is -0.282. The van der Waals surface area contributed by atoms with E-state index < -0.39 is 0 Å². The first-order valence-corrected chi connectivity index (χ1v) is 9.65. The normalized spacial score (nSPS) is 30.7. The number of rotatable bonds is 0. The second-order valence-corrected chi connectivity index (χ2v) is 7.77. The van der Waals surface area contributed by atoms with Crippen LogP contribution < -0.4 is 10.6 Å². The fourth-order valence-corrected chi connectivity index (χ4v) is 4.23. The zero-order valence-corrected chi connectivity index (χ0v) is 15.0. The maximum Gasteiger partial charge on any atom is 0.407 e. The molecule has 2 fully saturated rings. The molecule has 0 unspecified atom stereocenters. The number of aromatic nitrogens is 3. The molecule has 7 nitrogen and oxygen atoms in total. The maximum atomic E-state index is 12.2. The van der Waals surface area contributed by atoms with E-state index in [1.54, 1.807) is 6.20 Å². The third kappa shape index (κ3) is 3.54. The Balaban J connectivity index is 1.40. The van der Waals surface area contributed by atoms with E-state index in [-0.39, 0.29) is 18.2 Å². The van der Waals surface area contributed by atoms with Crippen LogP contribution in [0.25, 0.3) is 6.08 Å². The summed E-state index contributed by atoms with van der Waals surface area (Å²) in [6.45, 7) is 0. The molecular weight excluding hydrogens is 342 g/mol. The number of allylic oxidation sites excluding steroid dienone is 1. The lowest BCUT2D eigenvalue weighted by Crippen LogP contribution is -2.44. The minimum Gasteiger partial charge on any atom is -0.446 e. The minimum absolute atomic E-state index is 0.0212. The van der Waals surface area contributed by atoms with Crippen molar-refractivity contribution in [1.82, 2.24) is 20.5 Å². The predicted octanol–water partition coefficient (Wildman–Crippen LogP) is 3.72. The van der Waals surface area contributed by atoms with Gasteiger partial charge in [0, 0.05) is 35.6 Å². The van der Waals surface area contributed by atoms with Crippen molar-refractivity contribution in [2.75, 3.05) is 5.32 Å². The van der Waals surface area contributed by atoms with Gasteiger partial charge in [-0.1, -0.05) is 6.08 Å². The molecule has 7 heteroatoms. The Hall–Kier alpha value is -2.83. The molecule has 1 amide bonds. The van der Waals surface area contributed by atoms with Crippen LogP contribution in [0.2, 0.25) is 0 Å². The molecule has 2 aliphatic carbocycles. The highest BCUT2D eigenvalue weighted by Gasteiger charge is 2.32. The van der Waals surface area contributed by atoms with E-state index in [1.807, 2.05) is 24.3 Å². The number of nitrogens with one attached hydrogen (secondary N) is 3. The van der Waals surface area contributed by atoms with Gasteiger partial charge >= 0.3 is 6.09 Å².